The van der Waals surface area contributed by atoms with E-state index in [1.54, 1.807) is 35.3 Å². The summed E-state index contributed by atoms with van der Waals surface area (Å²) in [7, 11) is 0. The van der Waals surface area contributed by atoms with Crippen molar-refractivity contribution < 1.29 is 14.5 Å². The van der Waals surface area contributed by atoms with Crippen molar-refractivity contribution in [3.8, 4) is 0 Å². The van der Waals surface area contributed by atoms with Gasteiger partial charge < -0.3 is 10.2 Å². The molecule has 1 aromatic heterocycles. The number of carbonyl (C=O) groups is 2. The lowest BCUT2D eigenvalue weighted by molar-refractivity contribution is -0.385. The van der Waals surface area contributed by atoms with Crippen LogP contribution in [0, 0.1) is 17.0 Å². The lowest BCUT2D eigenvalue weighted by Gasteiger charge is -2.27. The molecule has 0 saturated carbocycles. The Kier molecular flexibility index (Phi) is 5.32. The second kappa shape index (κ2) is 7.65. The third-order valence-corrected chi connectivity index (χ3v) is 5.47. The molecular formula is C18H19N3O4S. The van der Waals surface area contributed by atoms with Crippen molar-refractivity contribution >= 4 is 28.8 Å². The molecule has 0 saturated heterocycles. The summed E-state index contributed by atoms with van der Waals surface area (Å²) < 4.78 is 0. The van der Waals surface area contributed by atoms with Gasteiger partial charge in [0.05, 0.1) is 4.92 Å². The minimum absolute atomic E-state index is 0.0170. The Hall–Kier alpha value is -2.74. The van der Waals surface area contributed by atoms with Crippen molar-refractivity contribution in [3.63, 3.8) is 0 Å². The van der Waals surface area contributed by atoms with Gasteiger partial charge in [0.2, 0.25) is 5.91 Å². The summed E-state index contributed by atoms with van der Waals surface area (Å²) in [6.45, 7) is 3.03. The highest BCUT2D eigenvalue weighted by atomic mass is 32.1. The number of nitro groups is 1. The molecular weight excluding hydrogens is 354 g/mol. The number of fused-ring (bicyclic) bond motifs is 1. The predicted molar refractivity (Wildman–Crippen MR) is 98.2 cm³/mol. The highest BCUT2D eigenvalue weighted by Crippen LogP contribution is 2.24. The summed E-state index contributed by atoms with van der Waals surface area (Å²) in [5.41, 5.74) is 1.44. The fourth-order valence-corrected chi connectivity index (χ4v) is 3.97. The molecule has 2 heterocycles. The SMILES string of the molecule is Cc1cccc(C(=O)NCCC(=O)N2CCc3sccc3C2)c1[N+](=O)[O-]. The smallest absolute Gasteiger partial charge is 0.285 e. The Morgan fingerprint density at radius 1 is 1.35 bits per heavy atom. The van der Waals surface area contributed by atoms with E-state index in [1.165, 1.54) is 16.5 Å². The van der Waals surface area contributed by atoms with E-state index in [0.717, 1.165) is 6.42 Å². The number of benzene rings is 1. The van der Waals surface area contributed by atoms with E-state index in [-0.39, 0.29) is 30.1 Å². The van der Waals surface area contributed by atoms with Gasteiger partial charge in [0.1, 0.15) is 5.56 Å². The standard InChI is InChI=1S/C18H19N3O4S/c1-12-3-2-4-14(17(12)21(24)25)18(23)19-8-5-16(22)20-9-6-15-13(11-20)7-10-26-15/h2-4,7,10H,5-6,8-9,11H2,1H3,(H,19,23). The van der Waals surface area contributed by atoms with Crippen LogP contribution in [0.1, 0.15) is 32.8 Å². The molecule has 3 rings (SSSR count). The maximum absolute atomic E-state index is 12.3. The number of aryl methyl sites for hydroxylation is 1. The number of thiophene rings is 1. The number of hydrogen-bond donors (Lipinski definition) is 1. The zero-order chi connectivity index (χ0) is 18.7. The van der Waals surface area contributed by atoms with Crippen molar-refractivity contribution in [2.75, 3.05) is 13.1 Å². The van der Waals surface area contributed by atoms with Gasteiger partial charge in [-0.15, -0.1) is 11.3 Å². The topological polar surface area (TPSA) is 92.6 Å². The van der Waals surface area contributed by atoms with Crippen LogP contribution >= 0.6 is 11.3 Å². The van der Waals surface area contributed by atoms with Crippen molar-refractivity contribution in [2.24, 2.45) is 0 Å². The van der Waals surface area contributed by atoms with E-state index in [9.17, 15) is 19.7 Å². The summed E-state index contributed by atoms with van der Waals surface area (Å²) in [6.07, 6.45) is 1.03. The first-order valence-corrected chi connectivity index (χ1v) is 9.20. The van der Waals surface area contributed by atoms with E-state index in [2.05, 4.69) is 5.32 Å². The molecule has 8 heteroatoms. The maximum atomic E-state index is 12.3. The lowest BCUT2D eigenvalue weighted by atomic mass is 10.1. The molecule has 7 nitrogen and oxygen atoms in total. The number of hydrogen-bond acceptors (Lipinski definition) is 5. The van der Waals surface area contributed by atoms with Gasteiger partial charge in [-0.3, -0.25) is 19.7 Å². The predicted octanol–water partition coefficient (Wildman–Crippen LogP) is 2.67. The Bertz CT molecular complexity index is 862. The molecule has 0 unspecified atom stereocenters. The van der Waals surface area contributed by atoms with Crippen LogP contribution in [0.3, 0.4) is 0 Å². The largest absolute Gasteiger partial charge is 0.351 e. The highest BCUT2D eigenvalue weighted by molar-refractivity contribution is 7.10. The highest BCUT2D eigenvalue weighted by Gasteiger charge is 2.23. The number of nitro benzene ring substituents is 1. The van der Waals surface area contributed by atoms with Crippen LogP contribution in [0.5, 0.6) is 0 Å². The molecule has 0 radical (unpaired) electrons. The normalized spacial score (nSPS) is 13.2. The number of para-hydroxylation sites is 1. The zero-order valence-electron chi connectivity index (χ0n) is 14.4. The van der Waals surface area contributed by atoms with Crippen LogP contribution in [-0.2, 0) is 17.8 Å². The minimum atomic E-state index is -0.554. The molecule has 0 atom stereocenters. The van der Waals surface area contributed by atoms with Gasteiger partial charge in [-0.05, 0) is 36.4 Å². The average Bonchev–Trinajstić information content (AvgIpc) is 3.08. The first-order valence-electron chi connectivity index (χ1n) is 8.32. The Morgan fingerprint density at radius 3 is 2.92 bits per heavy atom. The average molecular weight is 373 g/mol. The number of nitrogens with zero attached hydrogens (tertiary/aromatic N) is 2. The first kappa shape index (κ1) is 18.1. The summed E-state index contributed by atoms with van der Waals surface area (Å²) in [4.78, 5) is 38.4. The Morgan fingerprint density at radius 2 is 2.15 bits per heavy atom. The van der Waals surface area contributed by atoms with Crippen LogP contribution in [0.15, 0.2) is 29.6 Å². The van der Waals surface area contributed by atoms with Gasteiger partial charge in [0.25, 0.3) is 11.6 Å². The Labute approximate surface area is 154 Å². The van der Waals surface area contributed by atoms with E-state index in [1.807, 2.05) is 11.4 Å². The lowest BCUT2D eigenvalue weighted by Crippen LogP contribution is -2.37. The van der Waals surface area contributed by atoms with Gasteiger partial charge in [-0.25, -0.2) is 0 Å². The molecule has 1 N–H and O–H groups in total. The van der Waals surface area contributed by atoms with Crippen LogP contribution < -0.4 is 5.32 Å². The molecule has 0 spiro atoms. The van der Waals surface area contributed by atoms with Crippen molar-refractivity contribution in [1.29, 1.82) is 0 Å². The van der Waals surface area contributed by atoms with Crippen molar-refractivity contribution in [1.82, 2.24) is 10.2 Å². The van der Waals surface area contributed by atoms with E-state index in [0.29, 0.717) is 18.7 Å². The molecule has 0 bridgehead atoms. The van der Waals surface area contributed by atoms with Gasteiger partial charge in [-0.2, -0.15) is 0 Å². The van der Waals surface area contributed by atoms with E-state index >= 15 is 0 Å². The minimum Gasteiger partial charge on any atom is -0.351 e. The molecule has 1 aliphatic rings. The number of amides is 2. The first-order chi connectivity index (χ1) is 12.5. The van der Waals surface area contributed by atoms with Crippen molar-refractivity contribution in [3.05, 3.63) is 61.3 Å². The van der Waals surface area contributed by atoms with Gasteiger partial charge >= 0.3 is 0 Å². The quantitative estimate of drug-likeness (QED) is 0.644. The summed E-state index contributed by atoms with van der Waals surface area (Å²) >= 11 is 1.71. The molecule has 2 amide bonds. The molecule has 26 heavy (non-hydrogen) atoms. The number of nitrogens with one attached hydrogen (secondary N) is 1. The summed E-state index contributed by atoms with van der Waals surface area (Å²) in [6, 6.07) is 6.66. The van der Waals surface area contributed by atoms with Gasteiger partial charge in [0, 0.05) is 36.5 Å². The summed E-state index contributed by atoms with van der Waals surface area (Å²) in [5, 5.41) is 15.8. The second-order valence-corrected chi connectivity index (χ2v) is 7.17. The molecule has 1 aromatic carbocycles. The molecule has 0 aliphatic carbocycles. The van der Waals surface area contributed by atoms with Crippen LogP contribution in [0.2, 0.25) is 0 Å². The van der Waals surface area contributed by atoms with Crippen LogP contribution in [-0.4, -0.2) is 34.7 Å². The van der Waals surface area contributed by atoms with Crippen molar-refractivity contribution in [2.45, 2.75) is 26.3 Å². The van der Waals surface area contributed by atoms with E-state index in [4.69, 9.17) is 0 Å². The molecule has 2 aromatic rings. The van der Waals surface area contributed by atoms with E-state index < -0.39 is 10.8 Å². The monoisotopic (exact) mass is 373 g/mol. The third-order valence-electron chi connectivity index (χ3n) is 4.45. The van der Waals surface area contributed by atoms with Crippen LogP contribution in [0.4, 0.5) is 5.69 Å². The number of rotatable bonds is 5. The van der Waals surface area contributed by atoms with Crippen LogP contribution in [0.25, 0.3) is 0 Å². The Balaban J connectivity index is 1.55. The maximum Gasteiger partial charge on any atom is 0.285 e. The van der Waals surface area contributed by atoms with Gasteiger partial charge in [0.15, 0.2) is 0 Å². The number of carbonyl (C=O) groups excluding carboxylic acids is 2. The molecule has 136 valence electrons. The fourth-order valence-electron chi connectivity index (χ4n) is 3.08. The summed E-state index contributed by atoms with van der Waals surface area (Å²) in [5.74, 6) is -0.562. The van der Waals surface area contributed by atoms with Gasteiger partial charge in [-0.1, -0.05) is 12.1 Å². The second-order valence-electron chi connectivity index (χ2n) is 6.17. The molecule has 0 fully saturated rings. The fraction of sp³-hybridized carbons (Fsp3) is 0.333. The third kappa shape index (κ3) is 3.75. The molecule has 1 aliphatic heterocycles. The zero-order valence-corrected chi connectivity index (χ0v) is 15.2.